The molecule has 1 amide bonds. The van der Waals surface area contributed by atoms with E-state index < -0.39 is 0 Å². The van der Waals surface area contributed by atoms with E-state index in [4.69, 9.17) is 19.2 Å². The van der Waals surface area contributed by atoms with Gasteiger partial charge in [-0.25, -0.2) is 4.98 Å². The van der Waals surface area contributed by atoms with Crippen LogP contribution < -0.4 is 19.5 Å². The molecule has 0 aliphatic heterocycles. The Kier molecular flexibility index (Phi) is 10.1. The summed E-state index contributed by atoms with van der Waals surface area (Å²) in [5.74, 6) is 3.47. The van der Waals surface area contributed by atoms with Gasteiger partial charge in [0.25, 0.3) is 5.91 Å². The Balaban J connectivity index is 1.31. The van der Waals surface area contributed by atoms with Crippen molar-refractivity contribution in [3.05, 3.63) is 83.2 Å². The molecular formula is C33H41N3O4. The summed E-state index contributed by atoms with van der Waals surface area (Å²) in [4.78, 5) is 17.6. The first-order chi connectivity index (χ1) is 19.4. The zero-order valence-electron chi connectivity index (χ0n) is 24.3. The maximum absolute atomic E-state index is 12.7. The number of hydrogen-bond donors (Lipinski definition) is 1. The summed E-state index contributed by atoms with van der Waals surface area (Å²) in [5.41, 5.74) is 5.16. The molecule has 0 aliphatic carbocycles. The van der Waals surface area contributed by atoms with Crippen LogP contribution in [0, 0.1) is 6.92 Å². The predicted octanol–water partition coefficient (Wildman–Crippen LogP) is 6.71. The Bertz CT molecular complexity index is 1430. The average molecular weight is 544 g/mol. The third kappa shape index (κ3) is 7.14. The number of hydrogen-bond acceptors (Lipinski definition) is 5. The number of nitrogens with one attached hydrogen (secondary N) is 1. The molecule has 7 heteroatoms. The van der Waals surface area contributed by atoms with Gasteiger partial charge in [0.05, 0.1) is 31.9 Å². The smallest absolute Gasteiger partial charge is 0.251 e. The van der Waals surface area contributed by atoms with Gasteiger partial charge < -0.3 is 24.1 Å². The number of unbranched alkanes of at least 4 members (excludes halogenated alkanes) is 1. The van der Waals surface area contributed by atoms with Gasteiger partial charge in [-0.05, 0) is 79.6 Å². The zero-order chi connectivity index (χ0) is 28.5. The van der Waals surface area contributed by atoms with Crippen molar-refractivity contribution in [2.45, 2.75) is 58.9 Å². The highest BCUT2D eigenvalue weighted by Crippen LogP contribution is 2.28. The van der Waals surface area contributed by atoms with E-state index in [1.807, 2.05) is 6.07 Å². The molecule has 4 rings (SSSR count). The highest BCUT2D eigenvalue weighted by atomic mass is 16.5. The van der Waals surface area contributed by atoms with E-state index in [-0.39, 0.29) is 5.91 Å². The number of imidazole rings is 1. The molecule has 4 aromatic rings. The summed E-state index contributed by atoms with van der Waals surface area (Å²) >= 11 is 0. The molecule has 7 nitrogen and oxygen atoms in total. The number of fused-ring (bicyclic) bond motifs is 1. The maximum atomic E-state index is 12.7. The lowest BCUT2D eigenvalue weighted by molar-refractivity contribution is 0.0952. The molecule has 0 unspecified atom stereocenters. The van der Waals surface area contributed by atoms with Crippen molar-refractivity contribution >= 4 is 16.9 Å². The molecule has 0 aliphatic rings. The summed E-state index contributed by atoms with van der Waals surface area (Å²) in [7, 11) is 3.14. The number of para-hydroxylation sites is 2. The molecule has 40 heavy (non-hydrogen) atoms. The molecule has 0 radical (unpaired) electrons. The third-order valence-electron chi connectivity index (χ3n) is 7.07. The standard InChI is InChI=1S/C33H41N3O4/c1-23(2)26-16-14-24(3)21-30(26)40-20-9-8-19-36-28-12-7-6-11-27(28)35-32(36)13-10-18-34-33(37)25-15-17-29(38-4)31(22-25)39-5/h6-7,11-12,14-17,21-23H,8-10,13,18-20H2,1-5H3,(H,34,37). The van der Waals surface area contributed by atoms with E-state index in [1.54, 1.807) is 32.4 Å². The van der Waals surface area contributed by atoms with Gasteiger partial charge in [0, 0.05) is 25.1 Å². The molecule has 0 spiro atoms. The molecule has 3 aromatic carbocycles. The SMILES string of the molecule is COc1ccc(C(=O)NCCCc2nc3ccccc3n2CCCCOc2cc(C)ccc2C(C)C)cc1OC. The van der Waals surface area contributed by atoms with Crippen molar-refractivity contribution in [2.75, 3.05) is 27.4 Å². The monoisotopic (exact) mass is 543 g/mol. The van der Waals surface area contributed by atoms with Gasteiger partial charge in [0.15, 0.2) is 11.5 Å². The van der Waals surface area contributed by atoms with Crippen LogP contribution >= 0.6 is 0 Å². The minimum atomic E-state index is -0.135. The number of ether oxygens (including phenoxy) is 3. The lowest BCUT2D eigenvalue weighted by Gasteiger charge is -2.15. The van der Waals surface area contributed by atoms with Crippen LogP contribution in [0.2, 0.25) is 0 Å². The van der Waals surface area contributed by atoms with E-state index in [9.17, 15) is 4.79 Å². The van der Waals surface area contributed by atoms with E-state index in [1.165, 1.54) is 11.1 Å². The number of amides is 1. The van der Waals surface area contributed by atoms with Crippen molar-refractivity contribution in [1.82, 2.24) is 14.9 Å². The van der Waals surface area contributed by atoms with Crippen molar-refractivity contribution in [3.63, 3.8) is 0 Å². The highest BCUT2D eigenvalue weighted by Gasteiger charge is 2.13. The number of aromatic nitrogens is 2. The molecular weight excluding hydrogens is 502 g/mol. The Morgan fingerprint density at radius 3 is 2.50 bits per heavy atom. The molecule has 1 aromatic heterocycles. The number of nitrogens with zero attached hydrogens (tertiary/aromatic N) is 2. The highest BCUT2D eigenvalue weighted by molar-refractivity contribution is 5.94. The first-order valence-corrected chi connectivity index (χ1v) is 14.1. The van der Waals surface area contributed by atoms with Gasteiger partial charge in [0.1, 0.15) is 11.6 Å². The lowest BCUT2D eigenvalue weighted by atomic mass is 10.0. The van der Waals surface area contributed by atoms with Crippen LogP contribution in [-0.2, 0) is 13.0 Å². The average Bonchev–Trinajstić information content (AvgIpc) is 3.31. The minimum Gasteiger partial charge on any atom is -0.493 e. The number of rotatable bonds is 14. The number of carbonyl (C=O) groups excluding carboxylic acids is 1. The Morgan fingerprint density at radius 1 is 0.925 bits per heavy atom. The van der Waals surface area contributed by atoms with Gasteiger partial charge in [-0.3, -0.25) is 4.79 Å². The van der Waals surface area contributed by atoms with Gasteiger partial charge in [0.2, 0.25) is 0 Å². The van der Waals surface area contributed by atoms with Crippen LogP contribution in [0.4, 0.5) is 0 Å². The number of carbonyl (C=O) groups is 1. The normalized spacial score (nSPS) is 11.2. The van der Waals surface area contributed by atoms with Gasteiger partial charge in [-0.1, -0.05) is 38.1 Å². The number of aryl methyl sites for hydroxylation is 3. The predicted molar refractivity (Wildman–Crippen MR) is 160 cm³/mol. The van der Waals surface area contributed by atoms with Crippen molar-refractivity contribution in [1.29, 1.82) is 0 Å². The van der Waals surface area contributed by atoms with Gasteiger partial charge in [-0.2, -0.15) is 0 Å². The van der Waals surface area contributed by atoms with E-state index in [2.05, 4.69) is 67.1 Å². The second-order valence-electron chi connectivity index (χ2n) is 10.3. The van der Waals surface area contributed by atoms with Crippen LogP contribution in [0.15, 0.2) is 60.7 Å². The molecule has 1 heterocycles. The molecule has 0 saturated carbocycles. The van der Waals surface area contributed by atoms with Crippen LogP contribution in [-0.4, -0.2) is 42.8 Å². The third-order valence-corrected chi connectivity index (χ3v) is 7.07. The topological polar surface area (TPSA) is 74.6 Å². The fourth-order valence-electron chi connectivity index (χ4n) is 4.89. The quantitative estimate of drug-likeness (QED) is 0.179. The van der Waals surface area contributed by atoms with Crippen LogP contribution in [0.3, 0.4) is 0 Å². The summed E-state index contributed by atoms with van der Waals surface area (Å²) in [6.07, 6.45) is 3.51. The molecule has 0 fully saturated rings. The summed E-state index contributed by atoms with van der Waals surface area (Å²) in [6, 6.07) is 19.9. The lowest BCUT2D eigenvalue weighted by Crippen LogP contribution is -2.25. The van der Waals surface area contributed by atoms with Gasteiger partial charge in [-0.15, -0.1) is 0 Å². The number of methoxy groups -OCH3 is 2. The molecule has 0 bridgehead atoms. The van der Waals surface area contributed by atoms with Crippen LogP contribution in [0.25, 0.3) is 11.0 Å². The summed E-state index contributed by atoms with van der Waals surface area (Å²) in [5, 5.41) is 3.01. The van der Waals surface area contributed by atoms with Crippen molar-refractivity contribution < 1.29 is 19.0 Å². The fourth-order valence-corrected chi connectivity index (χ4v) is 4.89. The van der Waals surface area contributed by atoms with E-state index in [0.29, 0.717) is 36.1 Å². The van der Waals surface area contributed by atoms with Crippen LogP contribution in [0.5, 0.6) is 17.2 Å². The first kappa shape index (κ1) is 29.0. The second-order valence-corrected chi connectivity index (χ2v) is 10.3. The van der Waals surface area contributed by atoms with Crippen molar-refractivity contribution in [2.24, 2.45) is 0 Å². The Morgan fingerprint density at radius 2 is 1.73 bits per heavy atom. The molecule has 0 atom stereocenters. The summed E-state index contributed by atoms with van der Waals surface area (Å²) in [6.45, 7) is 8.62. The zero-order valence-corrected chi connectivity index (χ0v) is 24.3. The van der Waals surface area contributed by atoms with E-state index in [0.717, 1.165) is 54.8 Å². The molecule has 1 N–H and O–H groups in total. The largest absolute Gasteiger partial charge is 0.493 e. The summed E-state index contributed by atoms with van der Waals surface area (Å²) < 4.78 is 19.1. The fraction of sp³-hybridized carbons (Fsp3) is 0.394. The molecule has 0 saturated heterocycles. The first-order valence-electron chi connectivity index (χ1n) is 14.1. The van der Waals surface area contributed by atoms with Crippen LogP contribution in [0.1, 0.15) is 66.3 Å². The Labute approximate surface area is 237 Å². The Hall–Kier alpha value is -4.00. The second kappa shape index (κ2) is 13.9. The minimum absolute atomic E-state index is 0.135. The maximum Gasteiger partial charge on any atom is 0.251 e. The molecule has 212 valence electrons. The van der Waals surface area contributed by atoms with Gasteiger partial charge >= 0.3 is 0 Å². The number of benzene rings is 3. The van der Waals surface area contributed by atoms with Crippen molar-refractivity contribution in [3.8, 4) is 17.2 Å². The van der Waals surface area contributed by atoms with E-state index >= 15 is 0 Å².